The van der Waals surface area contributed by atoms with Crippen molar-refractivity contribution >= 4 is 58.6 Å². The summed E-state index contributed by atoms with van der Waals surface area (Å²) in [6.07, 6.45) is 2.63. The third kappa shape index (κ3) is 6.65. The molecule has 0 unspecified atom stereocenters. The highest BCUT2D eigenvalue weighted by Crippen LogP contribution is 2.27. The molecule has 138 valence electrons. The van der Waals surface area contributed by atoms with Gasteiger partial charge in [-0.3, -0.25) is 4.79 Å². The number of amides is 1. The van der Waals surface area contributed by atoms with Gasteiger partial charge in [0.25, 0.3) is 5.91 Å². The molecule has 0 aliphatic heterocycles. The number of nitriles is 1. The number of halogens is 2. The maximum Gasteiger partial charge on any atom is 0.331 e. The highest BCUT2D eigenvalue weighted by molar-refractivity contribution is 7.99. The van der Waals surface area contributed by atoms with Gasteiger partial charge < -0.3 is 10.1 Å². The standard InChI is InChI=1S/C19H14Cl2N2O3S/c20-14-5-3-4-13(19(14)21)8-9-18(25)26-12-17(24)23-15-6-1-2-7-16(15)27-11-10-22/h1-9H,11-12H2,(H,23,24)/b9-8+. The summed E-state index contributed by atoms with van der Waals surface area (Å²) >= 11 is 13.2. The van der Waals surface area contributed by atoms with E-state index in [1.54, 1.807) is 42.5 Å². The van der Waals surface area contributed by atoms with Gasteiger partial charge in [-0.05, 0) is 29.8 Å². The minimum atomic E-state index is -0.687. The highest BCUT2D eigenvalue weighted by atomic mass is 35.5. The van der Waals surface area contributed by atoms with Gasteiger partial charge in [0.15, 0.2) is 6.61 Å². The summed E-state index contributed by atoms with van der Waals surface area (Å²) in [5.74, 6) is -0.908. The first-order chi connectivity index (χ1) is 13.0. The van der Waals surface area contributed by atoms with Crippen LogP contribution in [0, 0.1) is 11.3 Å². The zero-order chi connectivity index (χ0) is 19.6. The molecule has 0 bridgehead atoms. The van der Waals surface area contributed by atoms with E-state index in [0.717, 1.165) is 4.90 Å². The molecule has 8 heteroatoms. The molecule has 1 amide bonds. The van der Waals surface area contributed by atoms with E-state index in [-0.39, 0.29) is 5.75 Å². The van der Waals surface area contributed by atoms with Crippen molar-refractivity contribution in [1.82, 2.24) is 0 Å². The van der Waals surface area contributed by atoms with Crippen LogP contribution in [0.15, 0.2) is 53.4 Å². The second-order valence-electron chi connectivity index (χ2n) is 5.08. The molecule has 0 heterocycles. The van der Waals surface area contributed by atoms with E-state index in [4.69, 9.17) is 33.2 Å². The van der Waals surface area contributed by atoms with E-state index in [1.807, 2.05) is 6.07 Å². The van der Waals surface area contributed by atoms with Gasteiger partial charge in [0.05, 0.1) is 27.6 Å². The van der Waals surface area contributed by atoms with Crippen LogP contribution in [0.1, 0.15) is 5.56 Å². The Morgan fingerprint density at radius 3 is 2.74 bits per heavy atom. The molecule has 2 aromatic carbocycles. The van der Waals surface area contributed by atoms with Crippen molar-refractivity contribution in [2.45, 2.75) is 4.90 Å². The maximum absolute atomic E-state index is 12.0. The van der Waals surface area contributed by atoms with Crippen molar-refractivity contribution in [2.24, 2.45) is 0 Å². The van der Waals surface area contributed by atoms with Gasteiger partial charge in [0.1, 0.15) is 0 Å². The molecular formula is C19H14Cl2N2O3S. The number of nitrogens with zero attached hydrogens (tertiary/aromatic N) is 1. The van der Waals surface area contributed by atoms with Crippen LogP contribution in [0.3, 0.4) is 0 Å². The number of nitrogens with one attached hydrogen (secondary N) is 1. The first-order valence-corrected chi connectivity index (χ1v) is 9.43. The number of rotatable bonds is 7. The van der Waals surface area contributed by atoms with Crippen LogP contribution in [0.2, 0.25) is 10.0 Å². The lowest BCUT2D eigenvalue weighted by molar-refractivity contribution is -0.142. The molecule has 2 aromatic rings. The van der Waals surface area contributed by atoms with E-state index in [9.17, 15) is 9.59 Å². The number of hydrogen-bond donors (Lipinski definition) is 1. The van der Waals surface area contributed by atoms with Gasteiger partial charge in [-0.1, -0.05) is 47.5 Å². The van der Waals surface area contributed by atoms with E-state index in [2.05, 4.69) is 5.32 Å². The molecule has 2 rings (SSSR count). The number of anilines is 1. The summed E-state index contributed by atoms with van der Waals surface area (Å²) in [6.45, 7) is -0.441. The molecule has 0 spiro atoms. The SMILES string of the molecule is N#CCSc1ccccc1NC(=O)COC(=O)/C=C/c1cccc(Cl)c1Cl. The number of ether oxygens (including phenoxy) is 1. The van der Waals surface area contributed by atoms with Gasteiger partial charge in [0.2, 0.25) is 0 Å². The molecule has 0 atom stereocenters. The van der Waals surface area contributed by atoms with Crippen LogP contribution in [0.25, 0.3) is 6.08 Å². The zero-order valence-electron chi connectivity index (χ0n) is 13.9. The lowest BCUT2D eigenvalue weighted by Crippen LogP contribution is -2.20. The fourth-order valence-electron chi connectivity index (χ4n) is 1.98. The summed E-state index contributed by atoms with van der Waals surface area (Å²) in [5, 5.41) is 12.0. The Morgan fingerprint density at radius 1 is 1.19 bits per heavy atom. The number of carbonyl (C=O) groups is 2. The highest BCUT2D eigenvalue weighted by Gasteiger charge is 2.09. The molecular weight excluding hydrogens is 407 g/mol. The molecule has 0 aliphatic rings. The van der Waals surface area contributed by atoms with Gasteiger partial charge in [-0.25, -0.2) is 4.79 Å². The van der Waals surface area contributed by atoms with Gasteiger partial charge in [-0.2, -0.15) is 5.26 Å². The monoisotopic (exact) mass is 420 g/mol. The Bertz CT molecular complexity index is 910. The summed E-state index contributed by atoms with van der Waals surface area (Å²) in [7, 11) is 0. The number of thioether (sulfide) groups is 1. The Morgan fingerprint density at radius 2 is 1.96 bits per heavy atom. The van der Waals surface area contributed by atoms with E-state index in [0.29, 0.717) is 21.3 Å². The smallest absolute Gasteiger partial charge is 0.331 e. The van der Waals surface area contributed by atoms with Gasteiger partial charge in [0, 0.05) is 11.0 Å². The lowest BCUT2D eigenvalue weighted by Gasteiger charge is -2.09. The Labute approximate surface area is 170 Å². The second kappa shape index (κ2) is 10.6. The van der Waals surface area contributed by atoms with Crippen molar-refractivity contribution < 1.29 is 14.3 Å². The maximum atomic E-state index is 12.0. The molecule has 27 heavy (non-hydrogen) atoms. The van der Waals surface area contributed by atoms with Crippen molar-refractivity contribution in [3.63, 3.8) is 0 Å². The van der Waals surface area contributed by atoms with E-state index >= 15 is 0 Å². The van der Waals surface area contributed by atoms with Crippen molar-refractivity contribution in [3.8, 4) is 6.07 Å². The molecule has 5 nitrogen and oxygen atoms in total. The summed E-state index contributed by atoms with van der Waals surface area (Å²) in [4.78, 5) is 24.5. The van der Waals surface area contributed by atoms with Crippen LogP contribution in [0.4, 0.5) is 5.69 Å². The van der Waals surface area contributed by atoms with Crippen LogP contribution in [-0.4, -0.2) is 24.2 Å². The molecule has 0 radical (unpaired) electrons. The second-order valence-corrected chi connectivity index (χ2v) is 6.88. The predicted molar refractivity (Wildman–Crippen MR) is 108 cm³/mol. The largest absolute Gasteiger partial charge is 0.452 e. The average molecular weight is 421 g/mol. The van der Waals surface area contributed by atoms with Crippen molar-refractivity contribution in [3.05, 3.63) is 64.1 Å². The number of esters is 1. The van der Waals surface area contributed by atoms with Crippen LogP contribution in [0.5, 0.6) is 0 Å². The van der Waals surface area contributed by atoms with Crippen molar-refractivity contribution in [1.29, 1.82) is 5.26 Å². The minimum Gasteiger partial charge on any atom is -0.452 e. The fourth-order valence-corrected chi connectivity index (χ4v) is 3.02. The quantitative estimate of drug-likeness (QED) is 0.395. The first-order valence-electron chi connectivity index (χ1n) is 7.68. The Hall–Kier alpha value is -2.46. The summed E-state index contributed by atoms with van der Waals surface area (Å²) in [5.41, 5.74) is 1.12. The predicted octanol–water partition coefficient (Wildman–Crippen LogP) is 4.80. The number of carbonyl (C=O) groups excluding carboxylic acids is 2. The topological polar surface area (TPSA) is 79.2 Å². The zero-order valence-corrected chi connectivity index (χ0v) is 16.3. The number of hydrogen-bond acceptors (Lipinski definition) is 5. The normalized spacial score (nSPS) is 10.4. The molecule has 0 aliphatic carbocycles. The van der Waals surface area contributed by atoms with Crippen LogP contribution < -0.4 is 5.32 Å². The molecule has 1 N–H and O–H groups in total. The van der Waals surface area contributed by atoms with Crippen LogP contribution in [-0.2, 0) is 14.3 Å². The lowest BCUT2D eigenvalue weighted by atomic mass is 10.2. The van der Waals surface area contributed by atoms with Crippen LogP contribution >= 0.6 is 35.0 Å². The van der Waals surface area contributed by atoms with Gasteiger partial charge >= 0.3 is 5.97 Å². The molecule has 0 aromatic heterocycles. The minimum absolute atomic E-state index is 0.263. The van der Waals surface area contributed by atoms with E-state index in [1.165, 1.54) is 23.9 Å². The molecule has 0 saturated carbocycles. The summed E-state index contributed by atoms with van der Waals surface area (Å²) in [6, 6.07) is 14.1. The number of benzene rings is 2. The number of para-hydroxylation sites is 1. The van der Waals surface area contributed by atoms with Gasteiger partial charge in [-0.15, -0.1) is 11.8 Å². The Balaban J connectivity index is 1.88. The first kappa shape index (κ1) is 20.8. The third-order valence-corrected chi connectivity index (χ3v) is 4.95. The molecule has 0 saturated heterocycles. The Kier molecular flexibility index (Phi) is 8.21. The average Bonchev–Trinajstić information content (AvgIpc) is 2.67. The van der Waals surface area contributed by atoms with E-state index < -0.39 is 18.5 Å². The summed E-state index contributed by atoms with van der Waals surface area (Å²) < 4.78 is 4.92. The molecule has 0 fully saturated rings. The fraction of sp³-hybridized carbons (Fsp3) is 0.105. The third-order valence-electron chi connectivity index (χ3n) is 3.18. The van der Waals surface area contributed by atoms with Crippen molar-refractivity contribution in [2.75, 3.05) is 17.7 Å².